The third-order valence-electron chi connectivity index (χ3n) is 0. The van der Waals surface area contributed by atoms with Crippen LogP contribution in [0.25, 0.3) is 0 Å². The topological polar surface area (TPSA) is 0 Å². The Morgan fingerprint density at radius 2 is 1.22 bits per heavy atom. The van der Waals surface area contributed by atoms with Crippen molar-refractivity contribution < 1.29 is 80.3 Å². The Kier molecular flexibility index (Phi) is 21.1. The first-order valence-electron chi connectivity index (χ1n) is 1.47. The van der Waals surface area contributed by atoms with E-state index in [-0.39, 0.29) is 74.1 Å². The molecule has 0 aromatic carbocycles. The summed E-state index contributed by atoms with van der Waals surface area (Å²) in [6, 6.07) is 0. The first kappa shape index (κ1) is 17.7. The zero-order chi connectivity index (χ0) is 7.21. The van der Waals surface area contributed by atoms with E-state index in [1.807, 2.05) is 0 Å². The Labute approximate surface area is 111 Å². The fourth-order valence-corrected chi connectivity index (χ4v) is 0. The van der Waals surface area contributed by atoms with Crippen LogP contribution in [0, 0.1) is 0 Å². The minimum atomic E-state index is -4.50. The molecule has 0 spiro atoms. The van der Waals surface area contributed by atoms with Crippen molar-refractivity contribution in [3.8, 4) is 0 Å². The van der Waals surface area contributed by atoms with Crippen molar-refractivity contribution in [2.45, 2.75) is 6.82 Å². The van der Waals surface area contributed by atoms with Crippen LogP contribution in [0.4, 0.5) is 12.9 Å². The summed E-state index contributed by atoms with van der Waals surface area (Å²) in [7, 11) is 9.63. The summed E-state index contributed by atoms with van der Waals surface area (Å²) in [5.41, 5.74) is 0. The molecule has 0 heterocycles. The average Bonchev–Trinajstić information content (AvgIpc) is 1.27. The van der Waals surface area contributed by atoms with Gasteiger partial charge in [-0.05, 0) is 0 Å². The van der Waals surface area contributed by atoms with E-state index < -0.39 is 6.98 Å². The van der Waals surface area contributed by atoms with E-state index in [4.69, 9.17) is 19.1 Å². The van der Waals surface area contributed by atoms with Crippen molar-refractivity contribution in [2.24, 2.45) is 0 Å². The van der Waals surface area contributed by atoms with E-state index in [0.29, 0.717) is 0 Å². The third kappa shape index (κ3) is 110. The Hall–Kier alpha value is 2.73. The minimum Gasteiger partial charge on any atom is 1.00 e. The fraction of sp³-hybridized carbons (Fsp3) is 1.00. The standard InChI is InChI=1S/CH3BF3.2ClH.K.Pd/c1-2(3,4)5;;;;/h1H3;2*1H;;/q-1;;;+1;+2/p-2. The SMILES string of the molecule is C[B-](F)(F)F.[Cl][Pd][Cl].[K+]. The molecule has 0 aliphatic carbocycles. The van der Waals surface area contributed by atoms with Crippen molar-refractivity contribution >= 4 is 26.0 Å². The van der Waals surface area contributed by atoms with Crippen LogP contribution in [0.1, 0.15) is 0 Å². The van der Waals surface area contributed by atoms with Gasteiger partial charge in [-0.25, -0.2) is 0 Å². The summed E-state index contributed by atoms with van der Waals surface area (Å²) < 4.78 is 31.2. The van der Waals surface area contributed by atoms with Crippen LogP contribution in [0.3, 0.4) is 0 Å². The van der Waals surface area contributed by atoms with Gasteiger partial charge in [0.2, 0.25) is 0 Å². The molecule has 0 aromatic heterocycles. The number of halogens is 5. The Morgan fingerprint density at radius 1 is 1.22 bits per heavy atom. The summed E-state index contributed by atoms with van der Waals surface area (Å²) in [6.45, 7) is -4.25. The molecule has 0 aliphatic heterocycles. The van der Waals surface area contributed by atoms with Crippen LogP contribution in [-0.4, -0.2) is 6.98 Å². The maximum atomic E-state index is 10.4. The Balaban J connectivity index is -0.0000000800. The van der Waals surface area contributed by atoms with E-state index in [1.165, 1.54) is 0 Å². The summed E-state index contributed by atoms with van der Waals surface area (Å²) >= 11 is -0.106. The number of hydrogen-bond donors (Lipinski definition) is 0. The molecule has 56 valence electrons. The molecule has 0 bridgehead atoms. The second-order valence-corrected chi connectivity index (χ2v) is 3.31. The Bertz CT molecular complexity index is 45.6. The zero-order valence-corrected chi connectivity index (χ0v) is 11.0. The molecule has 0 saturated carbocycles. The molecule has 9 heavy (non-hydrogen) atoms. The average molecular weight is 299 g/mol. The third-order valence-corrected chi connectivity index (χ3v) is 0. The molecular formula is CH3BCl2F3KPd. The van der Waals surface area contributed by atoms with Gasteiger partial charge in [0.1, 0.15) is 0 Å². The normalized spacial score (nSPS) is 9.11. The maximum Gasteiger partial charge on any atom is 1.00 e. The Morgan fingerprint density at radius 3 is 1.22 bits per heavy atom. The summed E-state index contributed by atoms with van der Waals surface area (Å²) in [6.07, 6.45) is 0. The monoisotopic (exact) mass is 298 g/mol. The predicted octanol–water partition coefficient (Wildman–Crippen LogP) is -0.156. The number of hydrogen-bond acceptors (Lipinski definition) is 0. The van der Waals surface area contributed by atoms with Crippen molar-refractivity contribution in [3.05, 3.63) is 0 Å². The van der Waals surface area contributed by atoms with E-state index in [1.54, 1.807) is 0 Å². The maximum absolute atomic E-state index is 10.4. The molecule has 0 aliphatic rings. The summed E-state index contributed by atoms with van der Waals surface area (Å²) in [4.78, 5) is 0. The van der Waals surface area contributed by atoms with Gasteiger partial charge in [-0.1, -0.05) is 6.82 Å². The molecule has 0 rings (SSSR count). The molecule has 0 radical (unpaired) electrons. The van der Waals surface area contributed by atoms with E-state index >= 15 is 0 Å². The van der Waals surface area contributed by atoms with E-state index in [0.717, 1.165) is 0 Å². The quantitative estimate of drug-likeness (QED) is 0.546. The van der Waals surface area contributed by atoms with E-state index in [2.05, 4.69) is 0 Å². The number of rotatable bonds is 0. The van der Waals surface area contributed by atoms with Gasteiger partial charge >= 0.3 is 93.4 Å². The zero-order valence-electron chi connectivity index (χ0n) is 4.78. The van der Waals surface area contributed by atoms with Gasteiger partial charge in [0.05, 0.1) is 0 Å². The van der Waals surface area contributed by atoms with Crippen molar-refractivity contribution in [3.63, 3.8) is 0 Å². The van der Waals surface area contributed by atoms with Crippen LogP contribution >= 0.6 is 19.1 Å². The largest absolute Gasteiger partial charge is 1.00 e. The van der Waals surface area contributed by atoms with Crippen molar-refractivity contribution in [1.29, 1.82) is 0 Å². The first-order chi connectivity index (χ1) is 3.41. The molecule has 0 fully saturated rings. The molecule has 0 atom stereocenters. The molecule has 0 nitrogen and oxygen atoms in total. The van der Waals surface area contributed by atoms with Crippen LogP contribution in [0.5, 0.6) is 0 Å². The van der Waals surface area contributed by atoms with Gasteiger partial charge in [0, 0.05) is 0 Å². The molecule has 0 saturated heterocycles. The molecule has 0 amide bonds. The molecular weight excluding hydrogens is 296 g/mol. The summed E-state index contributed by atoms with van der Waals surface area (Å²) in [5, 5.41) is 0. The molecule has 0 unspecified atom stereocenters. The van der Waals surface area contributed by atoms with Crippen LogP contribution in [0.2, 0.25) is 6.82 Å². The fourth-order valence-electron chi connectivity index (χ4n) is 0. The van der Waals surface area contributed by atoms with Crippen LogP contribution in [-0.2, 0) is 15.9 Å². The van der Waals surface area contributed by atoms with Crippen LogP contribution < -0.4 is 51.4 Å². The van der Waals surface area contributed by atoms with Gasteiger partial charge in [-0.15, -0.1) is 0 Å². The smallest absolute Gasteiger partial charge is 1.00 e. The second-order valence-electron chi connectivity index (χ2n) is 0.947. The van der Waals surface area contributed by atoms with Gasteiger partial charge in [0.25, 0.3) is 0 Å². The predicted molar refractivity (Wildman–Crippen MR) is 26.6 cm³/mol. The molecule has 0 aromatic rings. The minimum absolute atomic E-state index is 0. The van der Waals surface area contributed by atoms with Gasteiger partial charge < -0.3 is 12.9 Å². The first-order valence-corrected chi connectivity index (χ1v) is 5.47. The summed E-state index contributed by atoms with van der Waals surface area (Å²) in [5.74, 6) is 0. The van der Waals surface area contributed by atoms with Gasteiger partial charge in [-0.2, -0.15) is 0 Å². The van der Waals surface area contributed by atoms with Crippen molar-refractivity contribution in [2.75, 3.05) is 0 Å². The molecule has 0 N–H and O–H groups in total. The second kappa shape index (κ2) is 10.7. The van der Waals surface area contributed by atoms with E-state index in [9.17, 15) is 12.9 Å². The van der Waals surface area contributed by atoms with Gasteiger partial charge in [-0.3, -0.25) is 0 Å². The van der Waals surface area contributed by atoms with Crippen molar-refractivity contribution in [1.82, 2.24) is 0 Å². The molecule has 8 heteroatoms. The van der Waals surface area contributed by atoms with Gasteiger partial charge in [0.15, 0.2) is 0 Å². The van der Waals surface area contributed by atoms with Crippen LogP contribution in [0.15, 0.2) is 0 Å².